The average Bonchev–Trinajstić information content (AvgIpc) is 2.54. The lowest BCUT2D eigenvalue weighted by Crippen LogP contribution is -1.87. The molecule has 3 rings (SSSR count). The van der Waals surface area contributed by atoms with Crippen molar-refractivity contribution in [3.8, 4) is 0 Å². The van der Waals surface area contributed by atoms with Gasteiger partial charge in [0, 0.05) is 12.8 Å². The van der Waals surface area contributed by atoms with Crippen LogP contribution in [0.3, 0.4) is 0 Å². The van der Waals surface area contributed by atoms with Crippen LogP contribution in [0.15, 0.2) is 60.8 Å². The lowest BCUT2D eigenvalue weighted by Gasteiger charge is -1.96. The van der Waals surface area contributed by atoms with Gasteiger partial charge >= 0.3 is 0 Å². The van der Waals surface area contributed by atoms with Crippen LogP contribution in [0.25, 0.3) is 11.0 Å². The van der Waals surface area contributed by atoms with Crippen LogP contribution in [-0.2, 0) is 6.42 Å². The predicted octanol–water partition coefficient (Wildman–Crippen LogP) is 3.55. The standard InChI is InChI=1S/C9H8N2.C9H12O/c1-7-6-10-8-4-2-3-5-9(8)11-7;10-8-4-7-9-5-2-1-3-6-9/h2-6H,1H3;1-3,5-6,10H,4,7-8H2. The summed E-state index contributed by atoms with van der Waals surface area (Å²) >= 11 is 0. The number of aromatic nitrogens is 2. The summed E-state index contributed by atoms with van der Waals surface area (Å²) in [5.41, 5.74) is 4.19. The van der Waals surface area contributed by atoms with Crippen molar-refractivity contribution in [3.63, 3.8) is 0 Å². The Bertz CT molecular complexity index is 668. The lowest BCUT2D eigenvalue weighted by atomic mass is 10.1. The molecular weight excluding hydrogens is 260 g/mol. The summed E-state index contributed by atoms with van der Waals surface area (Å²) in [6, 6.07) is 18.1. The van der Waals surface area contributed by atoms with Crippen molar-refractivity contribution >= 4 is 11.0 Å². The first-order chi connectivity index (χ1) is 10.3. The summed E-state index contributed by atoms with van der Waals surface area (Å²) in [7, 11) is 0. The minimum Gasteiger partial charge on any atom is -0.396 e. The highest BCUT2D eigenvalue weighted by molar-refractivity contribution is 5.73. The second-order valence-electron chi connectivity index (χ2n) is 4.81. The van der Waals surface area contributed by atoms with Gasteiger partial charge in [0.2, 0.25) is 0 Å². The maximum absolute atomic E-state index is 8.53. The van der Waals surface area contributed by atoms with E-state index in [1.54, 1.807) is 6.20 Å². The largest absolute Gasteiger partial charge is 0.396 e. The zero-order valence-electron chi connectivity index (χ0n) is 12.2. The molecule has 0 amide bonds. The van der Waals surface area contributed by atoms with Gasteiger partial charge in [-0.3, -0.25) is 4.98 Å². The molecule has 0 radical (unpaired) electrons. The number of aliphatic hydroxyl groups excluding tert-OH is 1. The van der Waals surface area contributed by atoms with Gasteiger partial charge in [0.1, 0.15) is 0 Å². The minimum absolute atomic E-state index is 0.287. The summed E-state index contributed by atoms with van der Waals surface area (Å²) in [4.78, 5) is 8.53. The van der Waals surface area contributed by atoms with Crippen molar-refractivity contribution in [2.24, 2.45) is 0 Å². The Morgan fingerprint density at radius 2 is 1.57 bits per heavy atom. The lowest BCUT2D eigenvalue weighted by molar-refractivity contribution is 0.288. The predicted molar refractivity (Wildman–Crippen MR) is 86.1 cm³/mol. The molecular formula is C18H20N2O. The van der Waals surface area contributed by atoms with Gasteiger partial charge in [0.15, 0.2) is 0 Å². The minimum atomic E-state index is 0.287. The molecule has 3 heteroatoms. The van der Waals surface area contributed by atoms with Gasteiger partial charge in [-0.1, -0.05) is 42.5 Å². The third kappa shape index (κ3) is 4.97. The number of aryl methyl sites for hydroxylation is 2. The van der Waals surface area contributed by atoms with Crippen molar-refractivity contribution < 1.29 is 5.11 Å². The van der Waals surface area contributed by atoms with E-state index in [9.17, 15) is 0 Å². The number of rotatable bonds is 3. The van der Waals surface area contributed by atoms with E-state index >= 15 is 0 Å². The summed E-state index contributed by atoms with van der Waals surface area (Å²) in [6.45, 7) is 2.23. The molecule has 108 valence electrons. The molecule has 1 aromatic heterocycles. The Balaban J connectivity index is 0.000000155. The molecule has 0 aliphatic heterocycles. The van der Waals surface area contributed by atoms with Crippen LogP contribution in [-0.4, -0.2) is 21.7 Å². The number of benzene rings is 2. The first-order valence-corrected chi connectivity index (χ1v) is 7.13. The molecule has 0 unspecified atom stereocenters. The maximum Gasteiger partial charge on any atom is 0.0889 e. The Labute approximate surface area is 125 Å². The third-order valence-corrected chi connectivity index (χ3v) is 3.04. The Morgan fingerprint density at radius 3 is 2.29 bits per heavy atom. The Kier molecular flexibility index (Phi) is 5.85. The number of aliphatic hydroxyl groups is 1. The van der Waals surface area contributed by atoms with Gasteiger partial charge in [-0.05, 0) is 37.5 Å². The molecule has 3 aromatic rings. The highest BCUT2D eigenvalue weighted by atomic mass is 16.2. The van der Waals surface area contributed by atoms with Crippen molar-refractivity contribution in [3.05, 3.63) is 72.1 Å². The first kappa shape index (κ1) is 15.1. The zero-order valence-corrected chi connectivity index (χ0v) is 12.2. The smallest absolute Gasteiger partial charge is 0.0889 e. The van der Waals surface area contributed by atoms with Gasteiger partial charge in [0.25, 0.3) is 0 Å². The maximum atomic E-state index is 8.53. The van der Waals surface area contributed by atoms with E-state index in [1.807, 2.05) is 49.4 Å². The van der Waals surface area contributed by atoms with Crippen molar-refractivity contribution in [1.82, 2.24) is 9.97 Å². The number of nitrogens with zero attached hydrogens (tertiary/aromatic N) is 2. The summed E-state index contributed by atoms with van der Waals surface area (Å²) in [5, 5.41) is 8.53. The monoisotopic (exact) mass is 280 g/mol. The number of para-hydroxylation sites is 2. The van der Waals surface area contributed by atoms with Crippen molar-refractivity contribution in [2.75, 3.05) is 6.61 Å². The highest BCUT2D eigenvalue weighted by Crippen LogP contribution is 2.07. The van der Waals surface area contributed by atoms with E-state index in [2.05, 4.69) is 22.1 Å². The fourth-order valence-corrected chi connectivity index (χ4v) is 1.98. The van der Waals surface area contributed by atoms with Crippen LogP contribution < -0.4 is 0 Å². The average molecular weight is 280 g/mol. The molecule has 0 aliphatic rings. The van der Waals surface area contributed by atoms with E-state index in [0.717, 1.165) is 29.6 Å². The zero-order chi connectivity index (χ0) is 14.9. The molecule has 0 aliphatic carbocycles. The van der Waals surface area contributed by atoms with E-state index in [1.165, 1.54) is 5.56 Å². The van der Waals surface area contributed by atoms with Gasteiger partial charge in [-0.2, -0.15) is 0 Å². The highest BCUT2D eigenvalue weighted by Gasteiger charge is 1.92. The summed E-state index contributed by atoms with van der Waals surface area (Å²) in [6.07, 6.45) is 3.63. The molecule has 0 atom stereocenters. The molecule has 0 fully saturated rings. The van der Waals surface area contributed by atoms with Crippen LogP contribution in [0.5, 0.6) is 0 Å². The number of hydrogen-bond donors (Lipinski definition) is 1. The number of fused-ring (bicyclic) bond motifs is 1. The van der Waals surface area contributed by atoms with Crippen LogP contribution in [0.1, 0.15) is 17.7 Å². The van der Waals surface area contributed by atoms with Gasteiger partial charge in [-0.15, -0.1) is 0 Å². The van der Waals surface area contributed by atoms with E-state index in [4.69, 9.17) is 5.11 Å². The van der Waals surface area contributed by atoms with E-state index < -0.39 is 0 Å². The first-order valence-electron chi connectivity index (χ1n) is 7.13. The van der Waals surface area contributed by atoms with Crippen LogP contribution in [0.2, 0.25) is 0 Å². The molecule has 1 heterocycles. The van der Waals surface area contributed by atoms with Crippen LogP contribution >= 0.6 is 0 Å². The summed E-state index contributed by atoms with van der Waals surface area (Å²) in [5.74, 6) is 0. The van der Waals surface area contributed by atoms with E-state index in [0.29, 0.717) is 0 Å². The second kappa shape index (κ2) is 8.12. The molecule has 0 saturated heterocycles. The molecule has 1 N–H and O–H groups in total. The Morgan fingerprint density at radius 1 is 0.905 bits per heavy atom. The van der Waals surface area contributed by atoms with Gasteiger partial charge in [-0.25, -0.2) is 4.98 Å². The Hall–Kier alpha value is -2.26. The van der Waals surface area contributed by atoms with Gasteiger partial charge in [0.05, 0.1) is 16.7 Å². The molecule has 0 saturated carbocycles. The van der Waals surface area contributed by atoms with E-state index in [-0.39, 0.29) is 6.61 Å². The molecule has 0 spiro atoms. The molecule has 2 aromatic carbocycles. The quantitative estimate of drug-likeness (QED) is 0.798. The second-order valence-corrected chi connectivity index (χ2v) is 4.81. The van der Waals surface area contributed by atoms with Crippen molar-refractivity contribution in [1.29, 1.82) is 0 Å². The molecule has 3 nitrogen and oxygen atoms in total. The van der Waals surface area contributed by atoms with Crippen LogP contribution in [0, 0.1) is 6.92 Å². The normalized spacial score (nSPS) is 10.0. The fourth-order valence-electron chi connectivity index (χ4n) is 1.98. The summed E-state index contributed by atoms with van der Waals surface area (Å²) < 4.78 is 0. The number of hydrogen-bond acceptors (Lipinski definition) is 3. The van der Waals surface area contributed by atoms with Crippen molar-refractivity contribution in [2.45, 2.75) is 19.8 Å². The SMILES string of the molecule is Cc1cnc2ccccc2n1.OCCCc1ccccc1. The van der Waals surface area contributed by atoms with Gasteiger partial charge < -0.3 is 5.11 Å². The molecule has 0 bridgehead atoms. The third-order valence-electron chi connectivity index (χ3n) is 3.04. The molecule has 21 heavy (non-hydrogen) atoms. The topological polar surface area (TPSA) is 46.0 Å². The fraction of sp³-hybridized carbons (Fsp3) is 0.222. The van der Waals surface area contributed by atoms with Crippen LogP contribution in [0.4, 0.5) is 0 Å².